The predicted octanol–water partition coefficient (Wildman–Crippen LogP) is 4.73. The molecular weight excluding hydrogens is 317 g/mol. The summed E-state index contributed by atoms with van der Waals surface area (Å²) in [6.07, 6.45) is 1.88. The minimum absolute atomic E-state index is 0.162. The van der Waals surface area contributed by atoms with Crippen molar-refractivity contribution in [3.8, 4) is 0 Å². The van der Waals surface area contributed by atoms with Crippen LogP contribution >= 0.6 is 11.6 Å². The maximum atomic E-state index is 13.5. The molecule has 0 aliphatic carbocycles. The number of aromatic nitrogens is 1. The number of aryl methyl sites for hydroxylation is 1. The number of esters is 1. The van der Waals surface area contributed by atoms with Crippen LogP contribution in [0.25, 0.3) is 0 Å². The molecular formula is C18H19ClFNO2. The first kappa shape index (κ1) is 17.4. The van der Waals surface area contributed by atoms with Crippen molar-refractivity contribution in [2.24, 2.45) is 0 Å². The van der Waals surface area contributed by atoms with E-state index < -0.39 is 17.4 Å². The van der Waals surface area contributed by atoms with Crippen molar-refractivity contribution in [2.45, 2.75) is 39.7 Å². The molecule has 0 saturated carbocycles. The molecule has 0 fully saturated rings. The second kappa shape index (κ2) is 6.67. The smallest absolute Gasteiger partial charge is 0.338 e. The zero-order valence-electron chi connectivity index (χ0n) is 13.6. The van der Waals surface area contributed by atoms with E-state index in [1.54, 1.807) is 6.07 Å². The van der Waals surface area contributed by atoms with Crippen LogP contribution in [0.4, 0.5) is 4.39 Å². The van der Waals surface area contributed by atoms with E-state index in [9.17, 15) is 9.18 Å². The normalized spacial score (nSPS) is 11.4. The Morgan fingerprint density at radius 1 is 1.30 bits per heavy atom. The molecule has 1 heterocycles. The standard InChI is InChI=1S/C18H19ClFNO2/c1-11-5-6-13(8-12-9-15(20)16(19)21-10-12)14(7-11)17(22)23-18(2,3)4/h5-7,9-10H,8H2,1-4H3. The average molecular weight is 336 g/mol. The summed E-state index contributed by atoms with van der Waals surface area (Å²) in [4.78, 5) is 16.2. The molecule has 0 saturated heterocycles. The molecule has 1 aromatic carbocycles. The van der Waals surface area contributed by atoms with Crippen molar-refractivity contribution in [1.82, 2.24) is 4.98 Å². The zero-order valence-corrected chi connectivity index (χ0v) is 14.4. The van der Waals surface area contributed by atoms with Crippen LogP contribution in [0.1, 0.15) is 47.8 Å². The van der Waals surface area contributed by atoms with E-state index in [0.717, 1.165) is 11.1 Å². The van der Waals surface area contributed by atoms with E-state index in [0.29, 0.717) is 17.5 Å². The third-order valence-electron chi connectivity index (χ3n) is 3.13. The van der Waals surface area contributed by atoms with Gasteiger partial charge in [0.1, 0.15) is 5.60 Å². The first-order valence-electron chi connectivity index (χ1n) is 7.28. The fraction of sp³-hybridized carbons (Fsp3) is 0.333. The molecule has 3 nitrogen and oxygen atoms in total. The third-order valence-corrected chi connectivity index (χ3v) is 3.41. The Labute approximate surface area is 140 Å². The minimum atomic E-state index is -0.577. The summed E-state index contributed by atoms with van der Waals surface area (Å²) >= 11 is 5.60. The number of nitrogens with zero attached hydrogens (tertiary/aromatic N) is 1. The highest BCUT2D eigenvalue weighted by Crippen LogP contribution is 2.21. The molecule has 0 radical (unpaired) electrons. The van der Waals surface area contributed by atoms with Crippen LogP contribution in [-0.2, 0) is 11.2 Å². The molecule has 0 aliphatic rings. The van der Waals surface area contributed by atoms with Gasteiger partial charge in [0.05, 0.1) is 5.56 Å². The Bertz CT molecular complexity index is 738. The molecule has 0 bridgehead atoms. The number of ether oxygens (including phenoxy) is 1. The Hall–Kier alpha value is -1.94. The van der Waals surface area contributed by atoms with Crippen molar-refractivity contribution in [3.05, 3.63) is 63.7 Å². The van der Waals surface area contributed by atoms with E-state index in [1.807, 2.05) is 39.8 Å². The molecule has 0 unspecified atom stereocenters. The topological polar surface area (TPSA) is 39.2 Å². The number of pyridine rings is 1. The van der Waals surface area contributed by atoms with Crippen LogP contribution < -0.4 is 0 Å². The molecule has 2 rings (SSSR count). The lowest BCUT2D eigenvalue weighted by atomic mass is 9.98. The molecule has 2 aromatic rings. The van der Waals surface area contributed by atoms with Gasteiger partial charge in [-0.05, 0) is 57.4 Å². The molecule has 0 aliphatic heterocycles. The first-order chi connectivity index (χ1) is 10.7. The van der Waals surface area contributed by atoms with Crippen LogP contribution in [0.3, 0.4) is 0 Å². The molecule has 5 heteroatoms. The Morgan fingerprint density at radius 2 is 2.00 bits per heavy atom. The summed E-state index contributed by atoms with van der Waals surface area (Å²) < 4.78 is 19.0. The van der Waals surface area contributed by atoms with Crippen LogP contribution in [0.5, 0.6) is 0 Å². The van der Waals surface area contributed by atoms with Gasteiger partial charge in [-0.25, -0.2) is 14.2 Å². The first-order valence-corrected chi connectivity index (χ1v) is 7.66. The lowest BCUT2D eigenvalue weighted by Crippen LogP contribution is -2.24. The maximum absolute atomic E-state index is 13.5. The second-order valence-corrected chi connectivity index (χ2v) is 6.81. The van der Waals surface area contributed by atoms with Gasteiger partial charge < -0.3 is 4.74 Å². The minimum Gasteiger partial charge on any atom is -0.456 e. The summed E-state index contributed by atoms with van der Waals surface area (Å²) in [5.41, 5.74) is 2.26. The van der Waals surface area contributed by atoms with Crippen LogP contribution in [0.15, 0.2) is 30.5 Å². The van der Waals surface area contributed by atoms with E-state index in [4.69, 9.17) is 16.3 Å². The third kappa shape index (κ3) is 4.76. The highest BCUT2D eigenvalue weighted by molar-refractivity contribution is 6.29. The van der Waals surface area contributed by atoms with E-state index >= 15 is 0 Å². The Kier molecular flexibility index (Phi) is 5.05. The maximum Gasteiger partial charge on any atom is 0.338 e. The molecule has 0 atom stereocenters. The number of rotatable bonds is 3. The Balaban J connectivity index is 2.35. The van der Waals surface area contributed by atoms with Crippen molar-refractivity contribution in [3.63, 3.8) is 0 Å². The zero-order chi connectivity index (χ0) is 17.2. The highest BCUT2D eigenvalue weighted by Gasteiger charge is 2.20. The van der Waals surface area contributed by atoms with Gasteiger partial charge in [0.2, 0.25) is 0 Å². The number of carbonyl (C=O) groups is 1. The largest absolute Gasteiger partial charge is 0.456 e. The van der Waals surface area contributed by atoms with Gasteiger partial charge >= 0.3 is 5.97 Å². The van der Waals surface area contributed by atoms with Crippen molar-refractivity contribution >= 4 is 17.6 Å². The monoisotopic (exact) mass is 335 g/mol. The van der Waals surface area contributed by atoms with Crippen LogP contribution in [0.2, 0.25) is 5.15 Å². The molecule has 1 aromatic heterocycles. The molecule has 0 amide bonds. The number of carbonyl (C=O) groups excluding carboxylic acids is 1. The lowest BCUT2D eigenvalue weighted by molar-refractivity contribution is 0.00684. The highest BCUT2D eigenvalue weighted by atomic mass is 35.5. The SMILES string of the molecule is Cc1ccc(Cc2cnc(Cl)c(F)c2)c(C(=O)OC(C)(C)C)c1. The quantitative estimate of drug-likeness (QED) is 0.601. The van der Waals surface area contributed by atoms with Crippen molar-refractivity contribution in [2.75, 3.05) is 0 Å². The van der Waals surface area contributed by atoms with Gasteiger partial charge in [0.15, 0.2) is 11.0 Å². The molecule has 0 spiro atoms. The van der Waals surface area contributed by atoms with Gasteiger partial charge in [-0.15, -0.1) is 0 Å². The van der Waals surface area contributed by atoms with Crippen molar-refractivity contribution < 1.29 is 13.9 Å². The van der Waals surface area contributed by atoms with Crippen LogP contribution in [0, 0.1) is 12.7 Å². The van der Waals surface area contributed by atoms with Crippen molar-refractivity contribution in [1.29, 1.82) is 0 Å². The molecule has 0 N–H and O–H groups in total. The molecule has 122 valence electrons. The Morgan fingerprint density at radius 3 is 2.61 bits per heavy atom. The number of benzene rings is 1. The summed E-state index contributed by atoms with van der Waals surface area (Å²) in [6.45, 7) is 7.36. The fourth-order valence-electron chi connectivity index (χ4n) is 2.14. The van der Waals surface area contributed by atoms with E-state index in [-0.39, 0.29) is 5.15 Å². The van der Waals surface area contributed by atoms with E-state index in [1.165, 1.54) is 12.3 Å². The molecule has 23 heavy (non-hydrogen) atoms. The van der Waals surface area contributed by atoms with Gasteiger partial charge in [-0.3, -0.25) is 0 Å². The van der Waals surface area contributed by atoms with Gasteiger partial charge in [-0.2, -0.15) is 0 Å². The lowest BCUT2D eigenvalue weighted by Gasteiger charge is -2.21. The summed E-state index contributed by atoms with van der Waals surface area (Å²) in [5.74, 6) is -0.964. The summed E-state index contributed by atoms with van der Waals surface area (Å²) in [7, 11) is 0. The number of hydrogen-bond acceptors (Lipinski definition) is 3. The average Bonchev–Trinajstić information content (AvgIpc) is 2.43. The van der Waals surface area contributed by atoms with Gasteiger partial charge in [0, 0.05) is 6.20 Å². The van der Waals surface area contributed by atoms with Crippen LogP contribution in [-0.4, -0.2) is 16.6 Å². The fourth-order valence-corrected chi connectivity index (χ4v) is 2.25. The van der Waals surface area contributed by atoms with Gasteiger partial charge in [-0.1, -0.05) is 29.3 Å². The number of hydrogen-bond donors (Lipinski definition) is 0. The van der Waals surface area contributed by atoms with Gasteiger partial charge in [0.25, 0.3) is 0 Å². The number of halogens is 2. The summed E-state index contributed by atoms with van der Waals surface area (Å²) in [5, 5.41) is -0.162. The van der Waals surface area contributed by atoms with E-state index in [2.05, 4.69) is 4.98 Å². The second-order valence-electron chi connectivity index (χ2n) is 6.46. The predicted molar refractivity (Wildman–Crippen MR) is 88.4 cm³/mol. The summed E-state index contributed by atoms with van der Waals surface area (Å²) in [6, 6.07) is 6.86.